The van der Waals surface area contributed by atoms with E-state index in [-0.39, 0.29) is 23.5 Å². The Hall–Kier alpha value is -0.660. The molecule has 0 spiro atoms. The molecule has 0 amide bonds. The van der Waals surface area contributed by atoms with Crippen molar-refractivity contribution in [3.63, 3.8) is 0 Å². The zero-order valence-electron chi connectivity index (χ0n) is 12.2. The fraction of sp³-hybridized carbons (Fsp3) is 0.867. The average molecular weight is 240 g/mol. The molecule has 1 unspecified atom stereocenters. The minimum absolute atomic E-state index is 0.0673. The molecule has 0 fully saturated rings. The van der Waals surface area contributed by atoms with Crippen molar-refractivity contribution >= 4 is 11.6 Å². The number of carbonyl (C=O) groups is 2. The lowest BCUT2D eigenvalue weighted by atomic mass is 9.84. The maximum Gasteiger partial charge on any atom is 0.138 e. The molecule has 1 atom stereocenters. The van der Waals surface area contributed by atoms with Crippen molar-refractivity contribution in [2.75, 3.05) is 0 Å². The molecule has 0 aromatic carbocycles. The van der Waals surface area contributed by atoms with E-state index in [1.54, 1.807) is 0 Å². The molecule has 0 bridgehead atoms. The van der Waals surface area contributed by atoms with E-state index in [1.165, 1.54) is 0 Å². The Morgan fingerprint density at radius 2 is 1.41 bits per heavy atom. The molecule has 0 saturated carbocycles. The largest absolute Gasteiger partial charge is 0.299 e. The van der Waals surface area contributed by atoms with Gasteiger partial charge in [-0.3, -0.25) is 9.59 Å². The molecular weight excluding hydrogens is 212 g/mol. The van der Waals surface area contributed by atoms with Crippen LogP contribution >= 0.6 is 0 Å². The van der Waals surface area contributed by atoms with Crippen LogP contribution in [0.15, 0.2) is 0 Å². The summed E-state index contributed by atoms with van der Waals surface area (Å²) in [6, 6.07) is 0. The SMILES string of the molecule is CC(C)CC(CCC(=O)C(C)C)C(=O)C(C)C. The van der Waals surface area contributed by atoms with Gasteiger partial charge in [0.15, 0.2) is 0 Å². The second kappa shape index (κ2) is 7.62. The smallest absolute Gasteiger partial charge is 0.138 e. The number of Topliss-reactive ketones (excluding diaryl/α,β-unsaturated/α-hetero) is 2. The summed E-state index contributed by atoms with van der Waals surface area (Å²) in [6.45, 7) is 12.0. The second-order valence-corrected chi connectivity index (χ2v) is 6.04. The van der Waals surface area contributed by atoms with Crippen LogP contribution in [0.25, 0.3) is 0 Å². The Bertz CT molecular complexity index is 252. The van der Waals surface area contributed by atoms with Gasteiger partial charge in [-0.2, -0.15) is 0 Å². The van der Waals surface area contributed by atoms with Crippen LogP contribution in [0.4, 0.5) is 0 Å². The van der Waals surface area contributed by atoms with E-state index in [9.17, 15) is 9.59 Å². The van der Waals surface area contributed by atoms with E-state index in [1.807, 2.05) is 27.7 Å². The van der Waals surface area contributed by atoms with Crippen LogP contribution in [0.2, 0.25) is 0 Å². The van der Waals surface area contributed by atoms with Crippen molar-refractivity contribution in [2.45, 2.75) is 60.8 Å². The van der Waals surface area contributed by atoms with Gasteiger partial charge in [-0.05, 0) is 18.8 Å². The lowest BCUT2D eigenvalue weighted by Crippen LogP contribution is -2.23. The van der Waals surface area contributed by atoms with E-state index >= 15 is 0 Å². The predicted octanol–water partition coefficient (Wildman–Crippen LogP) is 3.88. The molecule has 17 heavy (non-hydrogen) atoms. The topological polar surface area (TPSA) is 34.1 Å². The fourth-order valence-electron chi connectivity index (χ4n) is 2.02. The minimum atomic E-state index is 0.0673. The maximum absolute atomic E-state index is 12.0. The molecular formula is C15H28O2. The van der Waals surface area contributed by atoms with E-state index in [4.69, 9.17) is 0 Å². The number of hydrogen-bond acceptors (Lipinski definition) is 2. The molecule has 0 N–H and O–H groups in total. The second-order valence-electron chi connectivity index (χ2n) is 6.04. The van der Waals surface area contributed by atoms with Gasteiger partial charge >= 0.3 is 0 Å². The van der Waals surface area contributed by atoms with Gasteiger partial charge in [-0.15, -0.1) is 0 Å². The van der Waals surface area contributed by atoms with Crippen molar-refractivity contribution in [3.05, 3.63) is 0 Å². The standard InChI is InChI=1S/C15H28O2/c1-10(2)9-13(15(17)12(5)6)7-8-14(16)11(3)4/h10-13H,7-9H2,1-6H3. The van der Waals surface area contributed by atoms with Crippen LogP contribution in [0.3, 0.4) is 0 Å². The summed E-state index contributed by atoms with van der Waals surface area (Å²) in [5.74, 6) is 1.33. The highest BCUT2D eigenvalue weighted by molar-refractivity contribution is 5.84. The lowest BCUT2D eigenvalue weighted by molar-refractivity contribution is -0.127. The molecule has 0 saturated heterocycles. The van der Waals surface area contributed by atoms with E-state index < -0.39 is 0 Å². The Balaban J connectivity index is 4.39. The average Bonchev–Trinajstić information content (AvgIpc) is 2.21. The summed E-state index contributed by atoms with van der Waals surface area (Å²) >= 11 is 0. The van der Waals surface area contributed by atoms with E-state index in [0.29, 0.717) is 18.1 Å². The predicted molar refractivity (Wildman–Crippen MR) is 71.9 cm³/mol. The molecule has 0 radical (unpaired) electrons. The van der Waals surface area contributed by atoms with Crippen LogP contribution in [0, 0.1) is 23.7 Å². The number of hydrogen-bond donors (Lipinski definition) is 0. The van der Waals surface area contributed by atoms with Gasteiger partial charge < -0.3 is 0 Å². The van der Waals surface area contributed by atoms with Crippen molar-refractivity contribution < 1.29 is 9.59 Å². The van der Waals surface area contributed by atoms with E-state index in [0.717, 1.165) is 12.8 Å². The van der Waals surface area contributed by atoms with Gasteiger partial charge in [0.1, 0.15) is 11.6 Å². The Kier molecular flexibility index (Phi) is 7.33. The quantitative estimate of drug-likeness (QED) is 0.645. The highest BCUT2D eigenvalue weighted by atomic mass is 16.1. The van der Waals surface area contributed by atoms with Crippen molar-refractivity contribution in [1.29, 1.82) is 0 Å². The summed E-state index contributed by atoms with van der Waals surface area (Å²) in [5.41, 5.74) is 0. The Morgan fingerprint density at radius 3 is 1.76 bits per heavy atom. The third kappa shape index (κ3) is 6.60. The molecule has 0 heterocycles. The normalized spacial score (nSPS) is 13.5. The molecule has 0 aromatic heterocycles. The maximum atomic E-state index is 12.0. The van der Waals surface area contributed by atoms with Gasteiger partial charge in [0.05, 0.1) is 0 Å². The summed E-state index contributed by atoms with van der Waals surface area (Å²) in [4.78, 5) is 23.7. The van der Waals surface area contributed by atoms with Gasteiger partial charge in [-0.1, -0.05) is 41.5 Å². The first-order valence-electron chi connectivity index (χ1n) is 6.82. The third-order valence-corrected chi connectivity index (χ3v) is 3.11. The zero-order chi connectivity index (χ0) is 13.6. The van der Waals surface area contributed by atoms with Gasteiger partial charge in [0, 0.05) is 24.2 Å². The van der Waals surface area contributed by atoms with Crippen LogP contribution in [0.1, 0.15) is 60.8 Å². The number of ketones is 2. The number of rotatable bonds is 8. The van der Waals surface area contributed by atoms with Crippen LogP contribution in [-0.2, 0) is 9.59 Å². The molecule has 2 heteroatoms. The highest BCUT2D eigenvalue weighted by Crippen LogP contribution is 2.22. The lowest BCUT2D eigenvalue weighted by Gasteiger charge is -2.20. The van der Waals surface area contributed by atoms with Gasteiger partial charge in [-0.25, -0.2) is 0 Å². The first-order valence-corrected chi connectivity index (χ1v) is 6.82. The summed E-state index contributed by atoms with van der Waals surface area (Å²) < 4.78 is 0. The Labute approximate surface area is 106 Å². The van der Waals surface area contributed by atoms with Crippen LogP contribution in [0.5, 0.6) is 0 Å². The van der Waals surface area contributed by atoms with Crippen molar-refractivity contribution in [2.24, 2.45) is 23.7 Å². The molecule has 0 aliphatic carbocycles. The fourth-order valence-corrected chi connectivity index (χ4v) is 2.02. The zero-order valence-corrected chi connectivity index (χ0v) is 12.2. The van der Waals surface area contributed by atoms with Crippen LogP contribution in [-0.4, -0.2) is 11.6 Å². The molecule has 0 aliphatic heterocycles. The third-order valence-electron chi connectivity index (χ3n) is 3.11. The van der Waals surface area contributed by atoms with E-state index in [2.05, 4.69) is 13.8 Å². The molecule has 2 nitrogen and oxygen atoms in total. The minimum Gasteiger partial charge on any atom is -0.299 e. The molecule has 0 aliphatic rings. The first kappa shape index (κ1) is 16.3. The molecule has 0 aromatic rings. The summed E-state index contributed by atoms with van der Waals surface area (Å²) in [6.07, 6.45) is 2.18. The highest BCUT2D eigenvalue weighted by Gasteiger charge is 2.23. The van der Waals surface area contributed by atoms with Crippen molar-refractivity contribution in [3.8, 4) is 0 Å². The summed E-state index contributed by atoms with van der Waals surface area (Å²) in [5, 5.41) is 0. The molecule has 0 rings (SSSR count). The number of carbonyl (C=O) groups excluding carboxylic acids is 2. The summed E-state index contributed by atoms with van der Waals surface area (Å²) in [7, 11) is 0. The van der Waals surface area contributed by atoms with Crippen LogP contribution < -0.4 is 0 Å². The molecule has 100 valence electrons. The Morgan fingerprint density at radius 1 is 0.882 bits per heavy atom. The monoisotopic (exact) mass is 240 g/mol. The first-order chi connectivity index (χ1) is 7.75. The van der Waals surface area contributed by atoms with Gasteiger partial charge in [0.2, 0.25) is 0 Å². The van der Waals surface area contributed by atoms with Crippen molar-refractivity contribution in [1.82, 2.24) is 0 Å². The van der Waals surface area contributed by atoms with Gasteiger partial charge in [0.25, 0.3) is 0 Å².